The predicted octanol–water partition coefficient (Wildman–Crippen LogP) is 2.99. The normalized spacial score (nSPS) is 12.7. The van der Waals surface area contributed by atoms with Crippen LogP contribution in [0.15, 0.2) is 42.5 Å². The fourth-order valence-corrected chi connectivity index (χ4v) is 3.23. The Balaban J connectivity index is 1.46. The number of aryl methyl sites for hydroxylation is 3. The quantitative estimate of drug-likeness (QED) is 0.841. The maximum atomic E-state index is 12.2. The van der Waals surface area contributed by atoms with Crippen molar-refractivity contribution in [2.24, 2.45) is 0 Å². The molecule has 2 amide bonds. The summed E-state index contributed by atoms with van der Waals surface area (Å²) in [6, 6.07) is 13.7. The number of rotatable bonds is 6. The summed E-state index contributed by atoms with van der Waals surface area (Å²) in [5.41, 5.74) is 5.44. The van der Waals surface area contributed by atoms with Gasteiger partial charge in [0.25, 0.3) is 0 Å². The number of likely N-dealkylation sites (N-methyl/N-ethyl adjacent to an activating group) is 1. The van der Waals surface area contributed by atoms with Gasteiger partial charge in [-0.2, -0.15) is 0 Å². The third-order valence-electron chi connectivity index (χ3n) is 4.54. The number of carbonyl (C=O) groups is 2. The van der Waals surface area contributed by atoms with E-state index in [0.717, 1.165) is 29.8 Å². The Morgan fingerprint density at radius 1 is 0.885 bits per heavy atom. The first-order valence-electron chi connectivity index (χ1n) is 8.96. The molecule has 2 N–H and O–H groups in total. The van der Waals surface area contributed by atoms with Gasteiger partial charge in [-0.3, -0.25) is 14.5 Å². The van der Waals surface area contributed by atoms with E-state index in [-0.39, 0.29) is 24.9 Å². The van der Waals surface area contributed by atoms with Crippen molar-refractivity contribution in [3.63, 3.8) is 0 Å². The molecule has 0 aliphatic heterocycles. The minimum atomic E-state index is -0.137. The molecule has 136 valence electrons. The Morgan fingerprint density at radius 2 is 1.46 bits per heavy atom. The molecule has 0 bridgehead atoms. The van der Waals surface area contributed by atoms with Crippen LogP contribution in [0, 0.1) is 6.92 Å². The Hall–Kier alpha value is -2.66. The number of benzene rings is 2. The number of carbonyl (C=O) groups excluding carboxylic acids is 2. The van der Waals surface area contributed by atoms with Gasteiger partial charge in [0.15, 0.2) is 0 Å². The fraction of sp³-hybridized carbons (Fsp3) is 0.333. The van der Waals surface area contributed by atoms with Gasteiger partial charge in [-0.15, -0.1) is 0 Å². The largest absolute Gasteiger partial charge is 0.325 e. The van der Waals surface area contributed by atoms with Crippen LogP contribution in [0.25, 0.3) is 0 Å². The number of anilines is 2. The topological polar surface area (TPSA) is 61.4 Å². The van der Waals surface area contributed by atoms with Gasteiger partial charge in [0.2, 0.25) is 11.8 Å². The second kappa shape index (κ2) is 8.15. The van der Waals surface area contributed by atoms with Crippen molar-refractivity contribution in [1.82, 2.24) is 4.90 Å². The average molecular weight is 351 g/mol. The van der Waals surface area contributed by atoms with E-state index in [0.29, 0.717) is 0 Å². The van der Waals surface area contributed by atoms with Crippen LogP contribution in [0.4, 0.5) is 11.4 Å². The molecular formula is C21H25N3O2. The maximum absolute atomic E-state index is 12.2. The van der Waals surface area contributed by atoms with Gasteiger partial charge in [-0.05, 0) is 68.6 Å². The zero-order valence-corrected chi connectivity index (χ0v) is 15.3. The number of fused-ring (bicyclic) bond motifs is 1. The van der Waals surface area contributed by atoms with E-state index in [9.17, 15) is 9.59 Å². The molecule has 0 fully saturated rings. The lowest BCUT2D eigenvalue weighted by molar-refractivity contribution is -0.119. The van der Waals surface area contributed by atoms with Crippen LogP contribution in [0.1, 0.15) is 23.1 Å². The van der Waals surface area contributed by atoms with Crippen molar-refractivity contribution in [1.29, 1.82) is 0 Å². The van der Waals surface area contributed by atoms with E-state index in [1.165, 1.54) is 17.5 Å². The highest BCUT2D eigenvalue weighted by Crippen LogP contribution is 2.24. The van der Waals surface area contributed by atoms with Gasteiger partial charge in [0.1, 0.15) is 0 Å². The molecule has 26 heavy (non-hydrogen) atoms. The maximum Gasteiger partial charge on any atom is 0.238 e. The van der Waals surface area contributed by atoms with Gasteiger partial charge in [0, 0.05) is 11.4 Å². The van der Waals surface area contributed by atoms with E-state index < -0.39 is 0 Å². The zero-order chi connectivity index (χ0) is 18.5. The lowest BCUT2D eigenvalue weighted by Gasteiger charge is -2.16. The van der Waals surface area contributed by atoms with Crippen molar-refractivity contribution in [3.05, 3.63) is 59.2 Å². The number of amides is 2. The van der Waals surface area contributed by atoms with E-state index in [1.54, 1.807) is 11.9 Å². The van der Waals surface area contributed by atoms with Gasteiger partial charge in [-0.1, -0.05) is 23.8 Å². The molecule has 0 radical (unpaired) electrons. The molecule has 3 rings (SSSR count). The van der Waals surface area contributed by atoms with Gasteiger partial charge >= 0.3 is 0 Å². The molecule has 0 saturated carbocycles. The second-order valence-corrected chi connectivity index (χ2v) is 6.97. The molecule has 0 saturated heterocycles. The second-order valence-electron chi connectivity index (χ2n) is 6.97. The molecule has 5 heteroatoms. The lowest BCUT2D eigenvalue weighted by Crippen LogP contribution is -2.36. The number of hydrogen-bond donors (Lipinski definition) is 2. The summed E-state index contributed by atoms with van der Waals surface area (Å²) in [5, 5.41) is 5.76. The summed E-state index contributed by atoms with van der Waals surface area (Å²) in [6.45, 7) is 2.32. The van der Waals surface area contributed by atoms with Crippen molar-refractivity contribution in [2.45, 2.75) is 26.2 Å². The van der Waals surface area contributed by atoms with Crippen LogP contribution in [0.2, 0.25) is 0 Å². The Morgan fingerprint density at radius 3 is 2.15 bits per heavy atom. The van der Waals surface area contributed by atoms with Gasteiger partial charge in [0.05, 0.1) is 13.1 Å². The van der Waals surface area contributed by atoms with Crippen molar-refractivity contribution >= 4 is 23.2 Å². The summed E-state index contributed by atoms with van der Waals surface area (Å²) >= 11 is 0. The van der Waals surface area contributed by atoms with E-state index in [4.69, 9.17) is 0 Å². The third kappa shape index (κ3) is 4.92. The molecule has 1 aliphatic rings. The van der Waals surface area contributed by atoms with Crippen LogP contribution >= 0.6 is 0 Å². The Kier molecular flexibility index (Phi) is 5.68. The van der Waals surface area contributed by atoms with Crippen LogP contribution in [0.5, 0.6) is 0 Å². The van der Waals surface area contributed by atoms with Crippen LogP contribution in [0.3, 0.4) is 0 Å². The third-order valence-corrected chi connectivity index (χ3v) is 4.54. The highest BCUT2D eigenvalue weighted by Gasteiger charge is 2.14. The van der Waals surface area contributed by atoms with Crippen molar-refractivity contribution < 1.29 is 9.59 Å². The molecular weight excluding hydrogens is 326 g/mol. The summed E-state index contributed by atoms with van der Waals surface area (Å²) in [6.07, 6.45) is 3.39. The molecule has 0 spiro atoms. The number of nitrogens with zero attached hydrogens (tertiary/aromatic N) is 1. The summed E-state index contributed by atoms with van der Waals surface area (Å²) in [5.74, 6) is -0.254. The number of nitrogens with one attached hydrogen (secondary N) is 2. The van der Waals surface area contributed by atoms with Crippen LogP contribution in [-0.2, 0) is 22.4 Å². The summed E-state index contributed by atoms with van der Waals surface area (Å²) < 4.78 is 0. The first-order chi connectivity index (χ1) is 12.5. The number of hydrogen-bond acceptors (Lipinski definition) is 3. The summed E-state index contributed by atoms with van der Waals surface area (Å²) in [7, 11) is 1.76. The minimum absolute atomic E-state index is 0.117. The molecule has 2 aromatic rings. The smallest absolute Gasteiger partial charge is 0.238 e. The molecule has 5 nitrogen and oxygen atoms in total. The molecule has 2 aromatic carbocycles. The fourth-order valence-electron chi connectivity index (χ4n) is 3.23. The first kappa shape index (κ1) is 18.1. The van der Waals surface area contributed by atoms with Gasteiger partial charge in [-0.25, -0.2) is 0 Å². The molecule has 0 atom stereocenters. The van der Waals surface area contributed by atoms with E-state index in [1.807, 2.05) is 37.3 Å². The van der Waals surface area contributed by atoms with Crippen molar-refractivity contribution in [2.75, 3.05) is 30.8 Å². The molecule has 0 unspecified atom stereocenters. The molecule has 1 aliphatic carbocycles. The molecule has 0 aromatic heterocycles. The molecule has 0 heterocycles. The highest BCUT2D eigenvalue weighted by atomic mass is 16.2. The van der Waals surface area contributed by atoms with E-state index in [2.05, 4.69) is 22.8 Å². The lowest BCUT2D eigenvalue weighted by atomic mass is 10.1. The highest BCUT2D eigenvalue weighted by molar-refractivity contribution is 5.94. The van der Waals surface area contributed by atoms with Gasteiger partial charge < -0.3 is 10.6 Å². The minimum Gasteiger partial charge on any atom is -0.325 e. The van der Waals surface area contributed by atoms with Crippen LogP contribution < -0.4 is 10.6 Å². The van der Waals surface area contributed by atoms with E-state index >= 15 is 0 Å². The van der Waals surface area contributed by atoms with Crippen LogP contribution in [-0.4, -0.2) is 36.9 Å². The predicted molar refractivity (Wildman–Crippen MR) is 104 cm³/mol. The van der Waals surface area contributed by atoms with Crippen molar-refractivity contribution in [3.8, 4) is 0 Å². The standard InChI is InChI=1S/C21H25N3O2/c1-15-6-9-18(10-7-15)22-20(25)13-24(2)14-21(26)23-19-11-8-16-4-3-5-17(16)12-19/h6-12H,3-5,13-14H2,1-2H3,(H,22,25)(H,23,26). The Bertz CT molecular complexity index is 799. The summed E-state index contributed by atoms with van der Waals surface area (Å²) in [4.78, 5) is 26.0. The Labute approximate surface area is 154 Å². The zero-order valence-electron chi connectivity index (χ0n) is 15.3. The first-order valence-corrected chi connectivity index (χ1v) is 8.96. The average Bonchev–Trinajstić information content (AvgIpc) is 3.04. The monoisotopic (exact) mass is 351 g/mol. The SMILES string of the molecule is Cc1ccc(NC(=O)CN(C)CC(=O)Nc2ccc3c(c2)CCC3)cc1.